The number of rotatable bonds is 4. The minimum absolute atomic E-state index is 0.0423. The Morgan fingerprint density at radius 2 is 1.91 bits per heavy atom. The fraction of sp³-hybridized carbons (Fsp3) is 0.591. The molecule has 0 radical (unpaired) electrons. The van der Waals surface area contributed by atoms with Gasteiger partial charge in [-0.05, 0) is 25.3 Å². The molecule has 1 spiro atoms. The van der Waals surface area contributed by atoms with Gasteiger partial charge in [0.15, 0.2) is 15.4 Å². The van der Waals surface area contributed by atoms with Crippen LogP contribution in [0.1, 0.15) is 44.1 Å². The summed E-state index contributed by atoms with van der Waals surface area (Å²) in [5, 5.41) is 2.81. The van der Waals surface area contributed by atoms with E-state index in [2.05, 4.69) is 5.32 Å². The number of ether oxygens (including phenoxy) is 1. The SMILES string of the molecule is O=C1N[C@@]2(CCOc3ccccc32)C(=O)N1CC(=O)N(C1CCCC1)[C@H]1CCS(=O)(=O)C1. The van der Waals surface area contributed by atoms with Gasteiger partial charge in [0, 0.05) is 24.1 Å². The highest BCUT2D eigenvalue weighted by molar-refractivity contribution is 7.91. The van der Waals surface area contributed by atoms with Crippen molar-refractivity contribution in [1.82, 2.24) is 15.1 Å². The Kier molecular flexibility index (Phi) is 5.15. The summed E-state index contributed by atoms with van der Waals surface area (Å²) in [5.41, 5.74) is -0.643. The summed E-state index contributed by atoms with van der Waals surface area (Å²) in [6.07, 6.45) is 4.29. The average Bonchev–Trinajstić information content (AvgIpc) is 3.46. The predicted molar refractivity (Wildman–Crippen MR) is 115 cm³/mol. The molecule has 3 fully saturated rings. The molecule has 1 N–H and O–H groups in total. The lowest BCUT2D eigenvalue weighted by atomic mass is 9.84. The van der Waals surface area contributed by atoms with Crippen LogP contribution < -0.4 is 10.1 Å². The molecule has 32 heavy (non-hydrogen) atoms. The van der Waals surface area contributed by atoms with Crippen LogP contribution in [-0.2, 0) is 25.0 Å². The maximum absolute atomic E-state index is 13.5. The van der Waals surface area contributed by atoms with Gasteiger partial charge in [-0.3, -0.25) is 14.5 Å². The smallest absolute Gasteiger partial charge is 0.325 e. The van der Waals surface area contributed by atoms with Crippen LogP contribution in [0.2, 0.25) is 0 Å². The zero-order valence-electron chi connectivity index (χ0n) is 17.8. The number of nitrogens with zero attached hydrogens (tertiary/aromatic N) is 2. The number of fused-ring (bicyclic) bond motifs is 2. The van der Waals surface area contributed by atoms with Gasteiger partial charge < -0.3 is 15.0 Å². The number of nitrogens with one attached hydrogen (secondary N) is 1. The molecule has 4 amide bonds. The van der Waals surface area contributed by atoms with E-state index in [4.69, 9.17) is 4.74 Å². The lowest BCUT2D eigenvalue weighted by Crippen LogP contribution is -2.52. The number of sulfone groups is 1. The van der Waals surface area contributed by atoms with Gasteiger partial charge in [0.25, 0.3) is 5.91 Å². The molecule has 3 aliphatic heterocycles. The van der Waals surface area contributed by atoms with Crippen molar-refractivity contribution < 1.29 is 27.5 Å². The van der Waals surface area contributed by atoms with E-state index in [0.717, 1.165) is 30.6 Å². The molecule has 1 aromatic carbocycles. The summed E-state index contributed by atoms with van der Waals surface area (Å²) in [5.74, 6) is -0.262. The van der Waals surface area contributed by atoms with Crippen LogP contribution in [0.25, 0.3) is 0 Å². The number of urea groups is 1. The Balaban J connectivity index is 1.40. The molecule has 1 aromatic rings. The largest absolute Gasteiger partial charge is 0.493 e. The molecule has 172 valence electrons. The van der Waals surface area contributed by atoms with Gasteiger partial charge in [0.05, 0.1) is 18.1 Å². The van der Waals surface area contributed by atoms with Crippen molar-refractivity contribution in [2.24, 2.45) is 0 Å². The second-order valence-corrected chi connectivity index (χ2v) is 11.3. The fourth-order valence-corrected chi connectivity index (χ4v) is 7.33. The van der Waals surface area contributed by atoms with Gasteiger partial charge in [0.2, 0.25) is 5.91 Å². The fourth-order valence-electron chi connectivity index (χ4n) is 5.62. The highest BCUT2D eigenvalue weighted by Crippen LogP contribution is 2.41. The van der Waals surface area contributed by atoms with Crippen molar-refractivity contribution in [2.45, 2.75) is 56.1 Å². The van der Waals surface area contributed by atoms with E-state index in [1.54, 1.807) is 29.2 Å². The van der Waals surface area contributed by atoms with E-state index in [1.165, 1.54) is 0 Å². The van der Waals surface area contributed by atoms with Crippen LogP contribution in [0.3, 0.4) is 0 Å². The molecule has 0 aromatic heterocycles. The number of imide groups is 1. The molecule has 4 aliphatic rings. The lowest BCUT2D eigenvalue weighted by molar-refractivity contribution is -0.142. The first-order chi connectivity index (χ1) is 15.3. The number of hydrogen-bond donors (Lipinski definition) is 1. The second kappa shape index (κ2) is 7.75. The number of hydrogen-bond acceptors (Lipinski definition) is 6. The minimum atomic E-state index is -3.18. The van der Waals surface area contributed by atoms with E-state index in [0.29, 0.717) is 17.7 Å². The number of para-hydroxylation sites is 1. The minimum Gasteiger partial charge on any atom is -0.493 e. The highest BCUT2D eigenvalue weighted by Gasteiger charge is 2.55. The van der Waals surface area contributed by atoms with Gasteiger partial charge in [-0.2, -0.15) is 0 Å². The average molecular weight is 462 g/mol. The quantitative estimate of drug-likeness (QED) is 0.674. The van der Waals surface area contributed by atoms with Crippen molar-refractivity contribution in [2.75, 3.05) is 24.7 Å². The molecule has 9 nitrogen and oxygen atoms in total. The van der Waals surface area contributed by atoms with Crippen molar-refractivity contribution in [3.8, 4) is 5.75 Å². The van der Waals surface area contributed by atoms with Crippen LogP contribution in [0.4, 0.5) is 4.79 Å². The van der Waals surface area contributed by atoms with Gasteiger partial charge in [0.1, 0.15) is 12.3 Å². The van der Waals surface area contributed by atoms with Gasteiger partial charge in [-0.25, -0.2) is 13.2 Å². The zero-order chi connectivity index (χ0) is 22.5. The normalized spacial score (nSPS) is 29.1. The second-order valence-electron chi connectivity index (χ2n) is 9.12. The van der Waals surface area contributed by atoms with Crippen molar-refractivity contribution in [3.05, 3.63) is 29.8 Å². The number of benzene rings is 1. The first kappa shape index (κ1) is 21.2. The van der Waals surface area contributed by atoms with Crippen LogP contribution in [-0.4, -0.2) is 72.8 Å². The van der Waals surface area contributed by atoms with Gasteiger partial charge in [-0.1, -0.05) is 31.0 Å². The van der Waals surface area contributed by atoms with Crippen LogP contribution >= 0.6 is 0 Å². The topological polar surface area (TPSA) is 113 Å². The van der Waals surface area contributed by atoms with Gasteiger partial charge >= 0.3 is 6.03 Å². The van der Waals surface area contributed by atoms with Crippen LogP contribution in [0, 0.1) is 0 Å². The standard InChI is InChI=1S/C22H27N3O6S/c26-19(25(15-5-1-2-6-15)16-9-12-32(29,30)14-16)13-24-20(27)22(23-21(24)28)10-11-31-18-8-4-3-7-17(18)22/h3-4,7-8,15-16H,1-2,5-6,9-14H2,(H,23,28)/t16-,22+/m0/s1. The van der Waals surface area contributed by atoms with E-state index >= 15 is 0 Å². The Bertz CT molecular complexity index is 1070. The molecule has 0 unspecified atom stereocenters. The van der Waals surface area contributed by atoms with Crippen LogP contribution in [0.15, 0.2) is 24.3 Å². The number of amides is 4. The van der Waals surface area contributed by atoms with Crippen molar-refractivity contribution in [1.29, 1.82) is 0 Å². The number of carbonyl (C=O) groups excluding carboxylic acids is 3. The summed E-state index contributed by atoms with van der Waals surface area (Å²) in [6, 6.07) is 6.05. The van der Waals surface area contributed by atoms with E-state index in [1.807, 2.05) is 0 Å². The molecule has 1 aliphatic carbocycles. The summed E-state index contributed by atoms with van der Waals surface area (Å²) < 4.78 is 29.8. The monoisotopic (exact) mass is 461 g/mol. The third-order valence-electron chi connectivity index (χ3n) is 7.16. The third kappa shape index (κ3) is 3.44. The van der Waals surface area contributed by atoms with Crippen molar-refractivity contribution in [3.63, 3.8) is 0 Å². The molecule has 2 saturated heterocycles. The first-order valence-corrected chi connectivity index (χ1v) is 13.0. The van der Waals surface area contributed by atoms with Crippen molar-refractivity contribution >= 4 is 27.7 Å². The number of carbonyl (C=O) groups is 3. The molecule has 2 atom stereocenters. The summed E-state index contributed by atoms with van der Waals surface area (Å²) >= 11 is 0. The van der Waals surface area contributed by atoms with E-state index in [9.17, 15) is 22.8 Å². The maximum atomic E-state index is 13.5. The van der Waals surface area contributed by atoms with E-state index < -0.39 is 33.4 Å². The lowest BCUT2D eigenvalue weighted by Gasteiger charge is -2.35. The Morgan fingerprint density at radius 1 is 1.16 bits per heavy atom. The highest BCUT2D eigenvalue weighted by atomic mass is 32.2. The predicted octanol–water partition coefficient (Wildman–Crippen LogP) is 1.17. The third-order valence-corrected chi connectivity index (χ3v) is 8.91. The molecule has 1 saturated carbocycles. The summed E-state index contributed by atoms with van der Waals surface area (Å²) in [4.78, 5) is 42.4. The molecule has 5 rings (SSSR count). The Hall–Kier alpha value is -2.62. The van der Waals surface area contributed by atoms with Crippen LogP contribution in [0.5, 0.6) is 5.75 Å². The maximum Gasteiger partial charge on any atom is 0.325 e. The Morgan fingerprint density at radius 3 is 2.62 bits per heavy atom. The zero-order valence-corrected chi connectivity index (χ0v) is 18.6. The molecular weight excluding hydrogens is 434 g/mol. The van der Waals surface area contributed by atoms with Gasteiger partial charge in [-0.15, -0.1) is 0 Å². The first-order valence-electron chi connectivity index (χ1n) is 11.2. The molecule has 3 heterocycles. The summed E-state index contributed by atoms with van der Waals surface area (Å²) in [7, 11) is -3.18. The summed E-state index contributed by atoms with van der Waals surface area (Å²) in [6.45, 7) is -0.110. The molecular formula is C22H27N3O6S. The van der Waals surface area contributed by atoms with E-state index in [-0.39, 0.29) is 43.0 Å². The molecule has 10 heteroatoms. The Labute approximate surface area is 187 Å². The molecule has 0 bridgehead atoms.